The van der Waals surface area contributed by atoms with Gasteiger partial charge in [-0.3, -0.25) is 0 Å². The zero-order valence-electron chi connectivity index (χ0n) is 29.9. The Morgan fingerprint density at radius 3 is 1.73 bits per heavy atom. The topological polar surface area (TPSA) is 25.8 Å². The number of aromatic nitrogens is 2. The molecule has 0 bridgehead atoms. The van der Waals surface area contributed by atoms with Crippen LogP contribution in [-0.2, 0) is 5.41 Å². The van der Waals surface area contributed by atoms with Crippen molar-refractivity contribution >= 4 is 32.4 Å². The van der Waals surface area contributed by atoms with Crippen molar-refractivity contribution in [3.63, 3.8) is 0 Å². The summed E-state index contributed by atoms with van der Waals surface area (Å²) >= 11 is 0. The van der Waals surface area contributed by atoms with Gasteiger partial charge in [-0.25, -0.2) is 9.97 Å². The van der Waals surface area contributed by atoms with Crippen LogP contribution in [0.3, 0.4) is 0 Å². The summed E-state index contributed by atoms with van der Waals surface area (Å²) < 4.78 is 0. The Morgan fingerprint density at radius 2 is 0.945 bits per heavy atom. The van der Waals surface area contributed by atoms with Crippen molar-refractivity contribution in [2.24, 2.45) is 0 Å². The SMILES string of the molecule is c1ccc(-c2ccc(-c3nc(-c4ccc5c6c(ccc5c4)-c4cc5ccccc5cc4C64c5ccccc5-c5ccccc54)nc4ccccc34)cc2)cc1. The third-order valence-corrected chi connectivity index (χ3v) is 12.1. The van der Waals surface area contributed by atoms with Crippen LogP contribution in [-0.4, -0.2) is 9.97 Å². The quantitative estimate of drug-likeness (QED) is 0.184. The van der Waals surface area contributed by atoms with E-state index in [0.29, 0.717) is 0 Å². The van der Waals surface area contributed by atoms with Gasteiger partial charge >= 0.3 is 0 Å². The number of nitrogens with zero attached hydrogens (tertiary/aromatic N) is 2. The highest BCUT2D eigenvalue weighted by Gasteiger charge is 2.52. The summed E-state index contributed by atoms with van der Waals surface area (Å²) in [6, 6.07) is 70.8. The van der Waals surface area contributed by atoms with Crippen molar-refractivity contribution in [1.82, 2.24) is 9.97 Å². The van der Waals surface area contributed by atoms with E-state index in [4.69, 9.17) is 9.97 Å². The van der Waals surface area contributed by atoms with E-state index < -0.39 is 5.41 Å². The van der Waals surface area contributed by atoms with E-state index in [2.05, 4.69) is 194 Å². The van der Waals surface area contributed by atoms with Crippen LogP contribution in [0.25, 0.3) is 88.5 Å². The monoisotopic (exact) mass is 696 g/mol. The maximum atomic E-state index is 5.31. The van der Waals surface area contributed by atoms with E-state index in [1.54, 1.807) is 0 Å². The lowest BCUT2D eigenvalue weighted by Gasteiger charge is -2.31. The second kappa shape index (κ2) is 11.4. The van der Waals surface area contributed by atoms with Crippen LogP contribution in [0.2, 0.25) is 0 Å². The predicted octanol–water partition coefficient (Wildman–Crippen LogP) is 13.3. The van der Waals surface area contributed by atoms with Crippen LogP contribution < -0.4 is 0 Å². The molecule has 9 aromatic carbocycles. The molecule has 10 aromatic rings. The molecule has 0 N–H and O–H groups in total. The number of hydrogen-bond acceptors (Lipinski definition) is 2. The molecule has 0 unspecified atom stereocenters. The fourth-order valence-electron chi connectivity index (χ4n) is 9.68. The molecule has 0 saturated carbocycles. The Labute approximate surface area is 319 Å². The summed E-state index contributed by atoms with van der Waals surface area (Å²) in [5.41, 5.74) is 16.6. The second-order valence-corrected chi connectivity index (χ2v) is 14.9. The van der Waals surface area contributed by atoms with Crippen molar-refractivity contribution in [2.75, 3.05) is 0 Å². The first-order valence-electron chi connectivity index (χ1n) is 19.0. The van der Waals surface area contributed by atoms with Gasteiger partial charge < -0.3 is 0 Å². The van der Waals surface area contributed by atoms with E-state index in [1.165, 1.54) is 77.2 Å². The molecule has 1 spiro atoms. The zero-order chi connectivity index (χ0) is 36.1. The first-order valence-corrected chi connectivity index (χ1v) is 19.0. The van der Waals surface area contributed by atoms with Gasteiger partial charge in [0.2, 0.25) is 0 Å². The largest absolute Gasteiger partial charge is 0.228 e. The van der Waals surface area contributed by atoms with Gasteiger partial charge in [0.25, 0.3) is 0 Å². The minimum Gasteiger partial charge on any atom is -0.228 e. The molecule has 1 heterocycles. The molecule has 55 heavy (non-hydrogen) atoms. The van der Waals surface area contributed by atoms with E-state index in [1.807, 2.05) is 0 Å². The van der Waals surface area contributed by atoms with Gasteiger partial charge in [0, 0.05) is 16.5 Å². The lowest BCUT2D eigenvalue weighted by molar-refractivity contribution is 0.802. The van der Waals surface area contributed by atoms with Crippen LogP contribution in [0.5, 0.6) is 0 Å². The molecule has 0 saturated heterocycles. The van der Waals surface area contributed by atoms with Gasteiger partial charge in [-0.05, 0) is 101 Å². The number of para-hydroxylation sites is 1. The van der Waals surface area contributed by atoms with E-state index in [-0.39, 0.29) is 0 Å². The molecule has 2 aliphatic rings. The number of hydrogen-bond donors (Lipinski definition) is 0. The van der Waals surface area contributed by atoms with Gasteiger partial charge in [-0.15, -0.1) is 0 Å². The Kier molecular flexibility index (Phi) is 6.29. The van der Waals surface area contributed by atoms with Crippen LogP contribution >= 0.6 is 0 Å². The summed E-state index contributed by atoms with van der Waals surface area (Å²) in [7, 11) is 0. The fraction of sp³-hybridized carbons (Fsp3) is 0.0189. The van der Waals surface area contributed by atoms with Crippen LogP contribution in [0, 0.1) is 0 Å². The summed E-state index contributed by atoms with van der Waals surface area (Å²) in [6.07, 6.45) is 0. The number of benzene rings is 9. The van der Waals surface area contributed by atoms with Gasteiger partial charge in [0.15, 0.2) is 5.82 Å². The van der Waals surface area contributed by atoms with E-state index >= 15 is 0 Å². The van der Waals surface area contributed by atoms with E-state index in [0.717, 1.165) is 33.5 Å². The lowest BCUT2D eigenvalue weighted by Crippen LogP contribution is -2.26. The lowest BCUT2D eigenvalue weighted by atomic mass is 9.69. The Morgan fingerprint density at radius 1 is 0.327 bits per heavy atom. The zero-order valence-corrected chi connectivity index (χ0v) is 29.9. The third-order valence-electron chi connectivity index (χ3n) is 12.1. The Hall–Kier alpha value is -7.16. The predicted molar refractivity (Wildman–Crippen MR) is 227 cm³/mol. The summed E-state index contributed by atoms with van der Waals surface area (Å²) in [6.45, 7) is 0. The summed E-state index contributed by atoms with van der Waals surface area (Å²) in [5.74, 6) is 0.726. The average Bonchev–Trinajstić information content (AvgIpc) is 3.72. The Balaban J connectivity index is 1.08. The van der Waals surface area contributed by atoms with Crippen LogP contribution in [0.4, 0.5) is 0 Å². The van der Waals surface area contributed by atoms with Crippen LogP contribution in [0.1, 0.15) is 22.3 Å². The van der Waals surface area contributed by atoms with Crippen molar-refractivity contribution in [1.29, 1.82) is 0 Å². The normalized spacial score (nSPS) is 13.2. The molecular weight excluding hydrogens is 665 g/mol. The third kappa shape index (κ3) is 4.25. The molecule has 2 nitrogen and oxygen atoms in total. The highest BCUT2D eigenvalue weighted by atomic mass is 14.9. The molecule has 0 atom stereocenters. The molecule has 12 rings (SSSR count). The number of fused-ring (bicyclic) bond motifs is 14. The summed E-state index contributed by atoms with van der Waals surface area (Å²) in [5, 5.41) is 6.01. The van der Waals surface area contributed by atoms with Gasteiger partial charge in [0.05, 0.1) is 16.6 Å². The highest BCUT2D eigenvalue weighted by molar-refractivity contribution is 6.07. The standard InChI is InChI=1S/C53H32N2/c1-2-12-33(13-3-1)34-22-24-35(25-23-34)51-44-18-8-11-21-49(44)54-52(55-51)39-27-28-40-38(30-39)26-29-43-45-31-36-14-4-5-15-37(36)32-48(45)53(50(40)43)46-19-9-6-16-41(46)42-17-7-10-20-47(42)53/h1-32H. The average molecular weight is 697 g/mol. The molecule has 0 aliphatic heterocycles. The molecule has 0 amide bonds. The van der Waals surface area contributed by atoms with Crippen molar-refractivity contribution in [3.05, 3.63) is 216 Å². The van der Waals surface area contributed by atoms with Gasteiger partial charge in [-0.2, -0.15) is 0 Å². The molecular formula is C53H32N2. The minimum absolute atomic E-state index is 0.443. The molecule has 2 heteroatoms. The minimum atomic E-state index is -0.443. The van der Waals surface area contributed by atoms with Gasteiger partial charge in [0.1, 0.15) is 0 Å². The molecule has 0 fully saturated rings. The van der Waals surface area contributed by atoms with E-state index in [9.17, 15) is 0 Å². The number of rotatable bonds is 3. The maximum Gasteiger partial charge on any atom is 0.160 e. The molecule has 2 aliphatic carbocycles. The molecule has 0 radical (unpaired) electrons. The molecule has 254 valence electrons. The molecule has 1 aromatic heterocycles. The van der Waals surface area contributed by atoms with Crippen molar-refractivity contribution in [2.45, 2.75) is 5.41 Å². The smallest absolute Gasteiger partial charge is 0.160 e. The summed E-state index contributed by atoms with van der Waals surface area (Å²) in [4.78, 5) is 10.5. The first kappa shape index (κ1) is 30.3. The first-order chi connectivity index (χ1) is 27.3. The second-order valence-electron chi connectivity index (χ2n) is 14.9. The van der Waals surface area contributed by atoms with Crippen LogP contribution in [0.15, 0.2) is 194 Å². The van der Waals surface area contributed by atoms with Crippen molar-refractivity contribution in [3.8, 4) is 56.0 Å². The Bertz CT molecular complexity index is 3150. The van der Waals surface area contributed by atoms with Gasteiger partial charge in [-0.1, -0.05) is 170 Å². The van der Waals surface area contributed by atoms with Crippen molar-refractivity contribution < 1.29 is 0 Å². The highest BCUT2D eigenvalue weighted by Crippen LogP contribution is 2.64. The maximum absolute atomic E-state index is 5.31. The fourth-order valence-corrected chi connectivity index (χ4v) is 9.68.